The van der Waals surface area contributed by atoms with E-state index in [0.717, 1.165) is 37.8 Å². The Morgan fingerprint density at radius 1 is 1.25 bits per heavy atom. The Labute approximate surface area is 165 Å². The van der Waals surface area contributed by atoms with Crippen molar-refractivity contribution in [2.24, 2.45) is 39.9 Å². The molecule has 7 rings (SSSR count). The van der Waals surface area contributed by atoms with E-state index in [9.17, 15) is 14.4 Å². The second-order valence-electron chi connectivity index (χ2n) is 11.1. The van der Waals surface area contributed by atoms with Gasteiger partial charge in [-0.15, -0.1) is 0 Å². The first-order valence-corrected chi connectivity index (χ1v) is 10.8. The number of hydrogen-bond acceptors (Lipinski definition) is 5. The fourth-order valence-corrected chi connectivity index (χ4v) is 9.91. The molecule has 7 fully saturated rings. The lowest BCUT2D eigenvalue weighted by atomic mass is 9.39. The molecule has 2 spiro atoms. The summed E-state index contributed by atoms with van der Waals surface area (Å²) in [5.41, 5.74) is 0.389. The predicted octanol–water partition coefficient (Wildman–Crippen LogP) is 2.39. The molecular weight excluding hydrogens is 354 g/mol. The van der Waals surface area contributed by atoms with Gasteiger partial charge in [0, 0.05) is 49.1 Å². The number of nitrogens with zero attached hydrogens (tertiary/aromatic N) is 1. The predicted molar refractivity (Wildman–Crippen MR) is 101 cm³/mol. The summed E-state index contributed by atoms with van der Waals surface area (Å²) in [4.78, 5) is 41.4. The van der Waals surface area contributed by atoms with E-state index in [1.54, 1.807) is 0 Å². The first-order chi connectivity index (χ1) is 13.1. The lowest BCUT2D eigenvalue weighted by molar-refractivity contribution is -0.208. The molecule has 6 saturated carbocycles. The van der Waals surface area contributed by atoms with Crippen LogP contribution in [0.15, 0.2) is 12.2 Å². The number of ether oxygens (including phenoxy) is 1. The van der Waals surface area contributed by atoms with Gasteiger partial charge < -0.3 is 9.64 Å². The third-order valence-electron chi connectivity index (χ3n) is 9.75. The van der Waals surface area contributed by atoms with Gasteiger partial charge in [-0.3, -0.25) is 14.4 Å². The maximum Gasteiger partial charge on any atom is 0.302 e. The number of carbonyl (C=O) groups is 3. The van der Waals surface area contributed by atoms with Gasteiger partial charge in [-0.25, -0.2) is 0 Å². The zero-order chi connectivity index (χ0) is 19.8. The van der Waals surface area contributed by atoms with Gasteiger partial charge in [-0.2, -0.15) is 0 Å². The first kappa shape index (κ1) is 17.4. The molecule has 0 amide bonds. The summed E-state index contributed by atoms with van der Waals surface area (Å²) in [6.45, 7) is 8.74. The van der Waals surface area contributed by atoms with E-state index in [-0.39, 0.29) is 52.1 Å². The molecule has 0 aromatic rings. The lowest BCUT2D eigenvalue weighted by Gasteiger charge is -2.66. The van der Waals surface area contributed by atoms with Gasteiger partial charge in [0.05, 0.1) is 0 Å². The molecule has 1 saturated heterocycles. The molecule has 4 unspecified atom stereocenters. The molecule has 28 heavy (non-hydrogen) atoms. The topological polar surface area (TPSA) is 63.7 Å². The first-order valence-electron chi connectivity index (χ1n) is 10.8. The SMILES string of the molecule is C=C1CC23CC(=O)[C@H]4C56C[C@@H](OC(C)=O)C[C@@]4(C)CN(C)C5C2C(=O)[C@H]1C[C@H]36. The third-order valence-corrected chi connectivity index (χ3v) is 9.75. The van der Waals surface area contributed by atoms with Crippen LogP contribution in [0.1, 0.15) is 46.0 Å². The number of hydrogen-bond donors (Lipinski definition) is 0. The molecule has 1 aliphatic heterocycles. The summed E-state index contributed by atoms with van der Waals surface area (Å²) in [7, 11) is 2.15. The van der Waals surface area contributed by atoms with E-state index in [0.29, 0.717) is 23.9 Å². The van der Waals surface area contributed by atoms with Crippen LogP contribution in [0, 0.1) is 39.9 Å². The minimum atomic E-state index is -0.239. The van der Waals surface area contributed by atoms with Gasteiger partial charge >= 0.3 is 5.97 Å². The van der Waals surface area contributed by atoms with Crippen molar-refractivity contribution in [2.45, 2.75) is 58.1 Å². The van der Waals surface area contributed by atoms with Gasteiger partial charge in [0.1, 0.15) is 17.7 Å². The Morgan fingerprint density at radius 3 is 2.71 bits per heavy atom. The van der Waals surface area contributed by atoms with E-state index in [1.165, 1.54) is 6.92 Å². The highest BCUT2D eigenvalue weighted by molar-refractivity contribution is 5.95. The lowest BCUT2D eigenvalue weighted by Crippen LogP contribution is -2.70. The Bertz CT molecular complexity index is 865. The van der Waals surface area contributed by atoms with Crippen molar-refractivity contribution in [3.8, 4) is 0 Å². The van der Waals surface area contributed by atoms with Crippen LogP contribution in [0.3, 0.4) is 0 Å². The number of allylic oxidation sites excluding steroid dienone is 1. The number of fused-ring (bicyclic) bond motifs is 1. The zero-order valence-electron chi connectivity index (χ0n) is 17.0. The highest BCUT2D eigenvalue weighted by Crippen LogP contribution is 2.81. The number of Topliss-reactive ketones (excluding diaryl/α,β-unsaturated/α-hetero) is 2. The third kappa shape index (κ3) is 1.62. The summed E-state index contributed by atoms with van der Waals surface area (Å²) in [6.07, 6.45) is 3.57. The molecule has 5 heteroatoms. The average Bonchev–Trinajstić information content (AvgIpc) is 2.64. The second kappa shape index (κ2) is 4.80. The van der Waals surface area contributed by atoms with Crippen molar-refractivity contribution >= 4 is 17.5 Å². The highest BCUT2D eigenvalue weighted by atomic mass is 16.5. The maximum atomic E-state index is 13.7. The number of esters is 1. The van der Waals surface area contributed by atoms with Crippen LogP contribution in [0.2, 0.25) is 0 Å². The smallest absolute Gasteiger partial charge is 0.302 e. The zero-order valence-corrected chi connectivity index (χ0v) is 17.0. The Balaban J connectivity index is 1.59. The van der Waals surface area contributed by atoms with E-state index in [1.807, 2.05) is 0 Å². The van der Waals surface area contributed by atoms with Crippen molar-refractivity contribution < 1.29 is 19.1 Å². The fourth-order valence-electron chi connectivity index (χ4n) is 9.91. The minimum absolute atomic E-state index is 0.00551. The Kier molecular flexibility index (Phi) is 2.98. The van der Waals surface area contributed by atoms with Gasteiger partial charge in [-0.1, -0.05) is 19.1 Å². The van der Waals surface area contributed by atoms with Crippen LogP contribution < -0.4 is 0 Å². The van der Waals surface area contributed by atoms with Crippen molar-refractivity contribution in [2.75, 3.05) is 13.6 Å². The number of carbonyl (C=O) groups excluding carboxylic acids is 3. The summed E-state index contributed by atoms with van der Waals surface area (Å²) in [5, 5.41) is 0. The van der Waals surface area contributed by atoms with E-state index in [4.69, 9.17) is 4.74 Å². The molecular formula is C23H29NO4. The summed E-state index contributed by atoms with van der Waals surface area (Å²) in [6, 6.07) is 0.103. The quantitative estimate of drug-likeness (QED) is 0.514. The van der Waals surface area contributed by atoms with Gasteiger partial charge in [0.25, 0.3) is 0 Å². The highest BCUT2D eigenvalue weighted by Gasteiger charge is 2.84. The van der Waals surface area contributed by atoms with Crippen LogP contribution in [0.25, 0.3) is 0 Å². The summed E-state index contributed by atoms with van der Waals surface area (Å²) < 4.78 is 5.78. The molecule has 0 aromatic carbocycles. The van der Waals surface area contributed by atoms with E-state index >= 15 is 0 Å². The largest absolute Gasteiger partial charge is 0.463 e. The van der Waals surface area contributed by atoms with Crippen molar-refractivity contribution in [1.82, 2.24) is 4.90 Å². The second-order valence-corrected chi connectivity index (χ2v) is 11.1. The monoisotopic (exact) mass is 383 g/mol. The molecule has 6 aliphatic carbocycles. The molecule has 1 heterocycles. The molecule has 6 bridgehead atoms. The van der Waals surface area contributed by atoms with Gasteiger partial charge in [-0.05, 0) is 49.5 Å². The number of likely N-dealkylation sites (tertiary alicyclic amines) is 1. The molecule has 5 nitrogen and oxygen atoms in total. The van der Waals surface area contributed by atoms with Crippen molar-refractivity contribution in [3.05, 3.63) is 12.2 Å². The van der Waals surface area contributed by atoms with Crippen LogP contribution in [-0.4, -0.2) is 48.2 Å². The molecule has 0 N–H and O–H groups in total. The van der Waals surface area contributed by atoms with Crippen LogP contribution >= 0.6 is 0 Å². The number of ketones is 2. The van der Waals surface area contributed by atoms with E-state index < -0.39 is 0 Å². The van der Waals surface area contributed by atoms with Crippen molar-refractivity contribution in [1.29, 1.82) is 0 Å². The summed E-state index contributed by atoms with van der Waals surface area (Å²) in [5.74, 6) is 0.743. The fraction of sp³-hybridized carbons (Fsp3) is 0.783. The standard InChI is InChI=1S/C23H29NO4/c1-11-6-22-9-15(26)19-21(3)7-13(28-12(2)25)8-23(19)16(22)5-14(11)18(27)17(22)20(23)24(4)10-21/h13-14,16-17,19-20H,1,5-10H2,2-4H3/t13-,14-,16+,17?,19+,20?,21-,22?,23?/m0/s1. The van der Waals surface area contributed by atoms with Crippen LogP contribution in [0.5, 0.6) is 0 Å². The van der Waals surface area contributed by atoms with Crippen molar-refractivity contribution in [3.63, 3.8) is 0 Å². The van der Waals surface area contributed by atoms with Gasteiger partial charge in [0.2, 0.25) is 0 Å². The minimum Gasteiger partial charge on any atom is -0.463 e. The summed E-state index contributed by atoms with van der Waals surface area (Å²) >= 11 is 0. The molecule has 0 radical (unpaired) electrons. The molecule has 0 aromatic heterocycles. The Morgan fingerprint density at radius 2 is 2.00 bits per heavy atom. The Hall–Kier alpha value is -1.49. The average molecular weight is 383 g/mol. The molecule has 9 atom stereocenters. The van der Waals surface area contributed by atoms with Gasteiger partial charge in [0.15, 0.2) is 0 Å². The maximum absolute atomic E-state index is 13.7. The normalized spacial score (nSPS) is 56.2. The van der Waals surface area contributed by atoms with E-state index in [2.05, 4.69) is 25.5 Å². The molecule has 150 valence electrons. The van der Waals surface area contributed by atoms with Crippen LogP contribution in [0.4, 0.5) is 0 Å². The number of piperidine rings is 1. The van der Waals surface area contributed by atoms with Crippen LogP contribution in [-0.2, 0) is 19.1 Å². The number of rotatable bonds is 1. The molecule has 7 aliphatic rings.